The molecule has 0 unspecified atom stereocenters. The number of anilines is 1. The lowest BCUT2D eigenvalue weighted by molar-refractivity contribution is -0.131. The topological polar surface area (TPSA) is 60.9 Å². The van der Waals surface area contributed by atoms with Gasteiger partial charge in [0.05, 0.1) is 11.4 Å². The standard InChI is InChI=1S/C21H25ClFN3O3S/c1-3-26(30(28,29)19-8-6-18(23)7-9-19)15-21(27)25-12-10-24(11-13-25)20-14-17(22)5-4-16(20)2/h4-9,14H,3,10-13,15H2,1-2H3. The summed E-state index contributed by atoms with van der Waals surface area (Å²) in [6.45, 7) is 5.88. The second-order valence-corrected chi connectivity index (χ2v) is 9.56. The van der Waals surface area contributed by atoms with Gasteiger partial charge in [-0.15, -0.1) is 0 Å². The molecule has 0 aliphatic carbocycles. The molecule has 0 N–H and O–H groups in total. The molecule has 162 valence electrons. The quantitative estimate of drug-likeness (QED) is 0.674. The van der Waals surface area contributed by atoms with Gasteiger partial charge in [0.25, 0.3) is 0 Å². The monoisotopic (exact) mass is 453 g/mol. The van der Waals surface area contributed by atoms with E-state index in [1.807, 2.05) is 25.1 Å². The smallest absolute Gasteiger partial charge is 0.243 e. The van der Waals surface area contributed by atoms with Crippen molar-refractivity contribution in [1.82, 2.24) is 9.21 Å². The van der Waals surface area contributed by atoms with Crippen molar-refractivity contribution in [2.24, 2.45) is 0 Å². The van der Waals surface area contributed by atoms with Gasteiger partial charge in [0, 0.05) is 43.4 Å². The Labute approximate surface area is 181 Å². The predicted octanol–water partition coefficient (Wildman–Crippen LogP) is 3.15. The number of hydrogen-bond donors (Lipinski definition) is 0. The molecule has 0 radical (unpaired) electrons. The zero-order valence-electron chi connectivity index (χ0n) is 17.0. The minimum atomic E-state index is -3.87. The molecule has 2 aromatic carbocycles. The Balaban J connectivity index is 1.64. The second-order valence-electron chi connectivity index (χ2n) is 7.18. The minimum absolute atomic E-state index is 0.0280. The van der Waals surface area contributed by atoms with Crippen LogP contribution < -0.4 is 4.90 Å². The summed E-state index contributed by atoms with van der Waals surface area (Å²) in [7, 11) is -3.87. The Morgan fingerprint density at radius 1 is 1.10 bits per heavy atom. The molecule has 30 heavy (non-hydrogen) atoms. The fraction of sp³-hybridized carbons (Fsp3) is 0.381. The van der Waals surface area contributed by atoms with E-state index in [2.05, 4.69) is 4.90 Å². The highest BCUT2D eigenvalue weighted by Crippen LogP contribution is 2.25. The van der Waals surface area contributed by atoms with Crippen LogP contribution in [0.25, 0.3) is 0 Å². The molecule has 3 rings (SSSR count). The number of carbonyl (C=O) groups excluding carboxylic acids is 1. The average Bonchev–Trinajstić information content (AvgIpc) is 2.74. The third-order valence-corrected chi connectivity index (χ3v) is 7.43. The second kappa shape index (κ2) is 9.32. The van der Waals surface area contributed by atoms with E-state index >= 15 is 0 Å². The highest BCUT2D eigenvalue weighted by molar-refractivity contribution is 7.89. The van der Waals surface area contributed by atoms with Crippen LogP contribution in [-0.2, 0) is 14.8 Å². The van der Waals surface area contributed by atoms with E-state index in [4.69, 9.17) is 11.6 Å². The van der Waals surface area contributed by atoms with Gasteiger partial charge in [-0.2, -0.15) is 4.31 Å². The third kappa shape index (κ3) is 4.94. The number of hydrogen-bond acceptors (Lipinski definition) is 4. The Hall–Kier alpha value is -2.16. The lowest BCUT2D eigenvalue weighted by Gasteiger charge is -2.37. The highest BCUT2D eigenvalue weighted by Gasteiger charge is 2.29. The molecule has 2 aromatic rings. The van der Waals surface area contributed by atoms with Gasteiger partial charge in [-0.25, -0.2) is 12.8 Å². The number of amides is 1. The van der Waals surface area contributed by atoms with Crippen molar-refractivity contribution in [1.29, 1.82) is 0 Å². The summed E-state index contributed by atoms with van der Waals surface area (Å²) in [5.74, 6) is -0.758. The lowest BCUT2D eigenvalue weighted by Crippen LogP contribution is -2.52. The summed E-state index contributed by atoms with van der Waals surface area (Å²) >= 11 is 6.12. The summed E-state index contributed by atoms with van der Waals surface area (Å²) in [6, 6.07) is 10.4. The van der Waals surface area contributed by atoms with Gasteiger partial charge < -0.3 is 9.80 Å². The van der Waals surface area contributed by atoms with Gasteiger partial charge in [0.15, 0.2) is 0 Å². The summed E-state index contributed by atoms with van der Waals surface area (Å²) in [4.78, 5) is 16.6. The van der Waals surface area contributed by atoms with Gasteiger partial charge in [0.1, 0.15) is 5.82 Å². The van der Waals surface area contributed by atoms with Crippen LogP contribution in [0.2, 0.25) is 5.02 Å². The molecule has 1 amide bonds. The molecule has 0 bridgehead atoms. The number of rotatable bonds is 6. The molecular weight excluding hydrogens is 429 g/mol. The molecular formula is C21H25ClFN3O3S. The van der Waals surface area contributed by atoms with E-state index in [0.29, 0.717) is 31.2 Å². The van der Waals surface area contributed by atoms with Crippen molar-refractivity contribution in [2.75, 3.05) is 44.2 Å². The molecule has 6 nitrogen and oxygen atoms in total. The van der Waals surface area contributed by atoms with Crippen molar-refractivity contribution in [3.8, 4) is 0 Å². The maximum atomic E-state index is 13.1. The Kier molecular flexibility index (Phi) is 7.00. The van der Waals surface area contributed by atoms with Crippen molar-refractivity contribution in [2.45, 2.75) is 18.7 Å². The van der Waals surface area contributed by atoms with Crippen molar-refractivity contribution in [3.05, 3.63) is 58.9 Å². The number of likely N-dealkylation sites (N-methyl/N-ethyl adjacent to an activating group) is 1. The van der Waals surface area contributed by atoms with Crippen LogP contribution >= 0.6 is 11.6 Å². The maximum Gasteiger partial charge on any atom is 0.243 e. The molecule has 1 fully saturated rings. The van der Waals surface area contributed by atoms with E-state index in [1.165, 1.54) is 12.1 Å². The zero-order chi connectivity index (χ0) is 21.9. The Morgan fingerprint density at radius 2 is 1.73 bits per heavy atom. The molecule has 0 atom stereocenters. The molecule has 1 aliphatic rings. The molecule has 0 saturated carbocycles. The van der Waals surface area contributed by atoms with Gasteiger partial charge in [0.2, 0.25) is 15.9 Å². The lowest BCUT2D eigenvalue weighted by atomic mass is 10.1. The number of aryl methyl sites for hydroxylation is 1. The van der Waals surface area contributed by atoms with Crippen molar-refractivity contribution < 1.29 is 17.6 Å². The molecule has 0 aromatic heterocycles. The summed E-state index contributed by atoms with van der Waals surface area (Å²) in [5.41, 5.74) is 2.16. The van der Waals surface area contributed by atoms with Crippen LogP contribution in [0.3, 0.4) is 0 Å². The first-order valence-corrected chi connectivity index (χ1v) is 11.6. The maximum absolute atomic E-state index is 13.1. The molecule has 0 spiro atoms. The molecule has 1 heterocycles. The van der Waals surface area contributed by atoms with E-state index in [9.17, 15) is 17.6 Å². The minimum Gasteiger partial charge on any atom is -0.368 e. The fourth-order valence-electron chi connectivity index (χ4n) is 3.49. The largest absolute Gasteiger partial charge is 0.368 e. The molecule has 1 aliphatic heterocycles. The zero-order valence-corrected chi connectivity index (χ0v) is 18.6. The van der Waals surface area contributed by atoms with E-state index in [0.717, 1.165) is 27.7 Å². The summed E-state index contributed by atoms with van der Waals surface area (Å²) in [5, 5.41) is 0.665. The third-order valence-electron chi connectivity index (χ3n) is 5.26. The SMILES string of the molecule is CCN(CC(=O)N1CCN(c2cc(Cl)ccc2C)CC1)S(=O)(=O)c1ccc(F)cc1. The first kappa shape index (κ1) is 22.5. The van der Waals surface area contributed by atoms with Crippen LogP contribution in [-0.4, -0.2) is 62.8 Å². The number of halogens is 2. The van der Waals surface area contributed by atoms with E-state index in [1.54, 1.807) is 11.8 Å². The summed E-state index contributed by atoms with van der Waals surface area (Å²) < 4.78 is 39.9. The molecule has 9 heteroatoms. The number of sulfonamides is 1. The number of carbonyl (C=O) groups is 1. The van der Waals surface area contributed by atoms with Gasteiger partial charge in [-0.05, 0) is 48.9 Å². The van der Waals surface area contributed by atoms with Crippen LogP contribution in [0.4, 0.5) is 10.1 Å². The van der Waals surface area contributed by atoms with Gasteiger partial charge in [-0.3, -0.25) is 4.79 Å². The predicted molar refractivity (Wildman–Crippen MR) is 116 cm³/mol. The van der Waals surface area contributed by atoms with Crippen LogP contribution in [0, 0.1) is 12.7 Å². The number of benzene rings is 2. The van der Waals surface area contributed by atoms with E-state index < -0.39 is 15.8 Å². The summed E-state index contributed by atoms with van der Waals surface area (Å²) in [6.07, 6.45) is 0. The Bertz CT molecular complexity index is 1010. The normalized spacial score (nSPS) is 15.0. The van der Waals surface area contributed by atoms with Crippen molar-refractivity contribution >= 4 is 33.2 Å². The number of piperazine rings is 1. The fourth-order valence-corrected chi connectivity index (χ4v) is 5.06. The highest BCUT2D eigenvalue weighted by atomic mass is 35.5. The Morgan fingerprint density at radius 3 is 2.33 bits per heavy atom. The first-order valence-electron chi connectivity index (χ1n) is 9.77. The van der Waals surface area contributed by atoms with Crippen LogP contribution in [0.5, 0.6) is 0 Å². The van der Waals surface area contributed by atoms with Gasteiger partial charge in [-0.1, -0.05) is 24.6 Å². The average molecular weight is 454 g/mol. The van der Waals surface area contributed by atoms with E-state index in [-0.39, 0.29) is 23.9 Å². The van der Waals surface area contributed by atoms with Crippen molar-refractivity contribution in [3.63, 3.8) is 0 Å². The van der Waals surface area contributed by atoms with Crippen LogP contribution in [0.1, 0.15) is 12.5 Å². The first-order chi connectivity index (χ1) is 14.2. The van der Waals surface area contributed by atoms with Gasteiger partial charge >= 0.3 is 0 Å². The number of nitrogens with zero attached hydrogens (tertiary/aromatic N) is 3. The molecule has 1 saturated heterocycles. The van der Waals surface area contributed by atoms with Crippen LogP contribution in [0.15, 0.2) is 47.4 Å².